The van der Waals surface area contributed by atoms with E-state index in [1.54, 1.807) is 25.1 Å². The molecule has 49 heavy (non-hydrogen) atoms. The fraction of sp³-hybridized carbons (Fsp3) is 0.364. The highest BCUT2D eigenvalue weighted by Gasteiger charge is 2.44. The largest absolute Gasteiger partial charge is 0.463 e. The van der Waals surface area contributed by atoms with Crippen molar-refractivity contribution in [1.82, 2.24) is 24.8 Å². The summed E-state index contributed by atoms with van der Waals surface area (Å²) < 4.78 is 66.4. The van der Waals surface area contributed by atoms with Crippen LogP contribution in [0, 0.1) is 34.3 Å². The third-order valence-electron chi connectivity index (χ3n) is 9.36. The van der Waals surface area contributed by atoms with Crippen LogP contribution in [-0.4, -0.2) is 65.1 Å². The summed E-state index contributed by atoms with van der Waals surface area (Å²) in [6.07, 6.45) is 0.578. The first-order chi connectivity index (χ1) is 23.2. The first-order valence-corrected chi connectivity index (χ1v) is 16.4. The fourth-order valence-corrected chi connectivity index (χ4v) is 7.89. The van der Waals surface area contributed by atoms with Crippen LogP contribution in [0.1, 0.15) is 37.4 Å². The Labute approximate surface area is 288 Å². The van der Waals surface area contributed by atoms with Gasteiger partial charge in [-0.05, 0) is 44.6 Å². The molecule has 1 fully saturated rings. The normalized spacial score (nSPS) is 19.0. The third-order valence-corrected chi connectivity index (χ3v) is 10.7. The predicted octanol–water partition coefficient (Wildman–Crippen LogP) is 7.07. The van der Waals surface area contributed by atoms with E-state index in [4.69, 9.17) is 27.8 Å². The number of nitrogens with zero attached hydrogens (tertiary/aromatic N) is 7. The maximum atomic E-state index is 17.0. The Kier molecular flexibility index (Phi) is 9.16. The molecule has 0 radical (unpaired) electrons. The molecule has 16 heteroatoms. The number of anilines is 3. The number of nitriles is 1. The van der Waals surface area contributed by atoms with Crippen molar-refractivity contribution in [2.24, 2.45) is 11.3 Å². The summed E-state index contributed by atoms with van der Waals surface area (Å²) in [5.41, 5.74) is 11.6. The maximum absolute atomic E-state index is 17.0. The third kappa shape index (κ3) is 6.02. The molecule has 10 nitrogen and oxygen atoms in total. The standard InChI is InChI=1S/C33H32ClF4N9OS/c1-15(19-11-42-14-43-29(19)40)47(4)31-17-9-21(34)24(16-5-6-22(35)27-23(16)18(10-39)30(41)49-27)25(36)26(17)44-32(45-31)48-13-33(2)12-46(3)8-7-20(33)28(37)38/h5-6,9,11,14-15,20,28H,7-8,12-13,41H2,1-4H3,(H2,40,42,43)/t15-,20+,33-/m1/s1. The SMILES string of the molecule is C[C@H](c1cncnc1N)N(C)c1nc(OC[C@@]2(C)CN(C)CC[C@H]2C(F)F)nc2c(F)c(-c3ccc(F)c4sc(N)c(C#N)c34)c(Cl)cc12. The minimum atomic E-state index is -2.57. The van der Waals surface area contributed by atoms with Gasteiger partial charge in [-0.15, -0.1) is 11.3 Å². The van der Waals surface area contributed by atoms with Crippen molar-refractivity contribution in [2.75, 3.05) is 50.2 Å². The van der Waals surface area contributed by atoms with Gasteiger partial charge < -0.3 is 26.0 Å². The number of aromatic nitrogens is 4. The number of hydrogen-bond acceptors (Lipinski definition) is 11. The quantitative estimate of drug-likeness (QED) is 0.160. The summed E-state index contributed by atoms with van der Waals surface area (Å²) in [6, 6.07) is 5.19. The molecule has 0 unspecified atom stereocenters. The average Bonchev–Trinajstić information content (AvgIpc) is 3.40. The zero-order valence-corrected chi connectivity index (χ0v) is 28.5. The molecular weight excluding hydrogens is 682 g/mol. The van der Waals surface area contributed by atoms with Crippen molar-refractivity contribution in [1.29, 1.82) is 5.26 Å². The number of piperidine rings is 1. The van der Waals surface area contributed by atoms with Crippen LogP contribution in [0.3, 0.4) is 0 Å². The minimum absolute atomic E-state index is 0.00651. The van der Waals surface area contributed by atoms with Crippen LogP contribution in [-0.2, 0) is 0 Å². The van der Waals surface area contributed by atoms with Crippen molar-refractivity contribution in [3.8, 4) is 23.2 Å². The van der Waals surface area contributed by atoms with Gasteiger partial charge in [0.05, 0.1) is 27.9 Å². The number of hydrogen-bond donors (Lipinski definition) is 2. The molecule has 0 bridgehead atoms. The van der Waals surface area contributed by atoms with Gasteiger partial charge in [-0.1, -0.05) is 24.6 Å². The molecule has 0 amide bonds. The number of benzene rings is 2. The van der Waals surface area contributed by atoms with Gasteiger partial charge in [0.25, 0.3) is 0 Å². The highest BCUT2D eigenvalue weighted by Crippen LogP contribution is 2.46. The fourth-order valence-electron chi connectivity index (χ4n) is 6.65. The van der Waals surface area contributed by atoms with E-state index >= 15 is 4.39 Å². The van der Waals surface area contributed by atoms with Crippen LogP contribution >= 0.6 is 22.9 Å². The van der Waals surface area contributed by atoms with Gasteiger partial charge in [-0.3, -0.25) is 0 Å². The number of nitrogen functional groups attached to an aromatic ring is 2. The molecule has 6 rings (SSSR count). The molecule has 0 spiro atoms. The van der Waals surface area contributed by atoms with Crippen molar-refractivity contribution in [2.45, 2.75) is 32.7 Å². The highest BCUT2D eigenvalue weighted by atomic mass is 35.5. The van der Waals surface area contributed by atoms with Crippen molar-refractivity contribution in [3.63, 3.8) is 0 Å². The van der Waals surface area contributed by atoms with Gasteiger partial charge >= 0.3 is 6.01 Å². The van der Waals surface area contributed by atoms with Crippen LogP contribution < -0.4 is 21.1 Å². The molecule has 4 heterocycles. The van der Waals surface area contributed by atoms with Crippen LogP contribution in [0.5, 0.6) is 6.01 Å². The van der Waals surface area contributed by atoms with Crippen LogP contribution in [0.2, 0.25) is 5.02 Å². The first-order valence-electron chi connectivity index (χ1n) is 15.2. The lowest BCUT2D eigenvalue weighted by Crippen LogP contribution is -2.51. The molecule has 0 aliphatic carbocycles. The Morgan fingerprint density at radius 1 is 1.27 bits per heavy atom. The lowest BCUT2D eigenvalue weighted by molar-refractivity contribution is -0.0679. The van der Waals surface area contributed by atoms with Gasteiger partial charge in [0.1, 0.15) is 40.4 Å². The number of halogens is 5. The van der Waals surface area contributed by atoms with E-state index in [0.717, 1.165) is 17.4 Å². The molecule has 2 aromatic carbocycles. The molecule has 1 aliphatic rings. The van der Waals surface area contributed by atoms with Crippen molar-refractivity contribution < 1.29 is 22.3 Å². The number of fused-ring (bicyclic) bond motifs is 2. The van der Waals surface area contributed by atoms with Gasteiger partial charge in [-0.25, -0.2) is 27.5 Å². The van der Waals surface area contributed by atoms with Crippen LogP contribution in [0.4, 0.5) is 34.2 Å². The smallest absolute Gasteiger partial charge is 0.319 e. The summed E-state index contributed by atoms with van der Waals surface area (Å²) in [5.74, 6) is -2.04. The minimum Gasteiger partial charge on any atom is -0.463 e. The lowest BCUT2D eigenvalue weighted by Gasteiger charge is -2.44. The molecule has 3 aromatic heterocycles. The maximum Gasteiger partial charge on any atom is 0.319 e. The summed E-state index contributed by atoms with van der Waals surface area (Å²) >= 11 is 7.67. The van der Waals surface area contributed by atoms with E-state index < -0.39 is 35.4 Å². The molecule has 5 aromatic rings. The van der Waals surface area contributed by atoms with E-state index in [9.17, 15) is 18.4 Å². The summed E-state index contributed by atoms with van der Waals surface area (Å²) in [7, 11) is 3.55. The first kappa shape index (κ1) is 34.3. The van der Waals surface area contributed by atoms with Crippen LogP contribution in [0.25, 0.3) is 32.1 Å². The van der Waals surface area contributed by atoms with E-state index in [2.05, 4.69) is 19.9 Å². The Balaban J connectivity index is 1.55. The zero-order chi connectivity index (χ0) is 35.4. The Morgan fingerprint density at radius 2 is 2.02 bits per heavy atom. The predicted molar refractivity (Wildman–Crippen MR) is 183 cm³/mol. The molecule has 256 valence electrons. The highest BCUT2D eigenvalue weighted by molar-refractivity contribution is 7.23. The lowest BCUT2D eigenvalue weighted by atomic mass is 9.73. The van der Waals surface area contributed by atoms with Crippen LogP contribution in [0.15, 0.2) is 30.7 Å². The van der Waals surface area contributed by atoms with E-state index in [0.29, 0.717) is 18.7 Å². The number of thiophene rings is 1. The number of ether oxygens (including phenoxy) is 1. The van der Waals surface area contributed by atoms with Gasteiger partial charge in [0, 0.05) is 53.0 Å². The summed E-state index contributed by atoms with van der Waals surface area (Å²) in [6.45, 7) is 4.24. The summed E-state index contributed by atoms with van der Waals surface area (Å²) in [5, 5.41) is 10.2. The Bertz CT molecular complexity index is 2130. The number of nitrogens with two attached hydrogens (primary N) is 2. The topological polar surface area (TPSA) is 143 Å². The molecule has 1 aliphatic heterocycles. The monoisotopic (exact) mass is 713 g/mol. The molecule has 1 saturated heterocycles. The van der Waals surface area contributed by atoms with Crippen molar-refractivity contribution >= 4 is 60.6 Å². The Hall–Kier alpha value is -4.52. The van der Waals surface area contributed by atoms with Crippen molar-refractivity contribution in [3.05, 3.63) is 58.5 Å². The molecule has 4 N–H and O–H groups in total. The van der Waals surface area contributed by atoms with Gasteiger partial charge in [-0.2, -0.15) is 15.2 Å². The average molecular weight is 714 g/mol. The second-order valence-electron chi connectivity index (χ2n) is 12.6. The number of likely N-dealkylation sites (tertiary alicyclic amines) is 1. The van der Waals surface area contributed by atoms with Gasteiger partial charge in [0.15, 0.2) is 5.82 Å². The summed E-state index contributed by atoms with van der Waals surface area (Å²) in [4.78, 5) is 20.9. The molecule has 3 atom stereocenters. The molecule has 0 saturated carbocycles. The van der Waals surface area contributed by atoms with E-state index in [-0.39, 0.29) is 78.4 Å². The van der Waals surface area contributed by atoms with E-state index in [1.165, 1.54) is 18.5 Å². The Morgan fingerprint density at radius 3 is 2.71 bits per heavy atom. The number of alkyl halides is 2. The zero-order valence-electron chi connectivity index (χ0n) is 26.9. The molecular formula is C33H32ClF4N9OS. The van der Waals surface area contributed by atoms with Gasteiger partial charge in [0.2, 0.25) is 6.43 Å². The second-order valence-corrected chi connectivity index (χ2v) is 14.0. The van der Waals surface area contributed by atoms with E-state index in [1.807, 2.05) is 24.9 Å². The second kappa shape index (κ2) is 13.1. The number of rotatable bonds is 8.